The van der Waals surface area contributed by atoms with Crippen molar-refractivity contribution in [2.24, 2.45) is 0 Å². The van der Waals surface area contributed by atoms with Crippen molar-refractivity contribution in [3.63, 3.8) is 0 Å². The average Bonchev–Trinajstić information content (AvgIpc) is 3.57. The van der Waals surface area contributed by atoms with Crippen molar-refractivity contribution in [2.45, 2.75) is 19.3 Å². The van der Waals surface area contributed by atoms with Gasteiger partial charge in [-0.05, 0) is 84.3 Å². The van der Waals surface area contributed by atoms with Crippen molar-refractivity contribution in [2.75, 3.05) is 0 Å². The largest absolute Gasteiger partial charge is 0.292 e. The summed E-state index contributed by atoms with van der Waals surface area (Å²) < 4.78 is 2.39. The first-order chi connectivity index (χ1) is 24.6. The quantitative estimate of drug-likeness (QED) is 0.175. The lowest BCUT2D eigenvalue weighted by Crippen LogP contribution is -2.26. The molecule has 0 radical (unpaired) electrons. The van der Waals surface area contributed by atoms with Crippen LogP contribution < -0.4 is 0 Å². The van der Waals surface area contributed by atoms with Gasteiger partial charge in [0.05, 0.1) is 16.7 Å². The van der Waals surface area contributed by atoms with Gasteiger partial charge >= 0.3 is 0 Å². The lowest BCUT2D eigenvalue weighted by molar-refractivity contribution is 0.629. The molecule has 9 aromatic rings. The number of rotatable bonds is 4. The van der Waals surface area contributed by atoms with Crippen LogP contribution in [0.2, 0.25) is 0 Å². The molecule has 1 aliphatic rings. The molecule has 2 heteroatoms. The maximum atomic E-state index is 5.21. The summed E-state index contributed by atoms with van der Waals surface area (Å²) in [6.45, 7) is 4.73. The third-order valence-electron chi connectivity index (χ3n) is 10.8. The number of nitrogens with zero attached hydrogens (tertiary/aromatic N) is 2. The van der Waals surface area contributed by atoms with Gasteiger partial charge in [0.15, 0.2) is 0 Å². The second-order valence-electron chi connectivity index (χ2n) is 14.0. The highest BCUT2D eigenvalue weighted by Crippen LogP contribution is 2.49. The van der Waals surface area contributed by atoms with Gasteiger partial charge in [0.25, 0.3) is 0 Å². The van der Waals surface area contributed by atoms with E-state index in [0.29, 0.717) is 0 Å². The Kier molecular flexibility index (Phi) is 6.25. The molecule has 1 aliphatic heterocycles. The third-order valence-corrected chi connectivity index (χ3v) is 10.8. The first-order valence-electron chi connectivity index (χ1n) is 17.4. The molecule has 0 unspecified atom stereocenters. The second-order valence-corrected chi connectivity index (χ2v) is 14.0. The molecule has 0 saturated heterocycles. The summed E-state index contributed by atoms with van der Waals surface area (Å²) in [4.78, 5) is 5.21. The molecule has 10 rings (SSSR count). The van der Waals surface area contributed by atoms with Gasteiger partial charge in [-0.2, -0.15) is 0 Å². The van der Waals surface area contributed by atoms with Gasteiger partial charge in [-0.1, -0.05) is 166 Å². The van der Waals surface area contributed by atoms with Gasteiger partial charge < -0.3 is 0 Å². The van der Waals surface area contributed by atoms with Crippen molar-refractivity contribution >= 4 is 32.6 Å². The highest BCUT2D eigenvalue weighted by atomic mass is 15.1. The number of fused-ring (bicyclic) bond motifs is 4. The van der Waals surface area contributed by atoms with Gasteiger partial charge in [-0.15, -0.1) is 0 Å². The minimum Gasteiger partial charge on any atom is -0.292 e. The number of hydrogen-bond acceptors (Lipinski definition) is 1. The fourth-order valence-electron chi connectivity index (χ4n) is 8.39. The molecule has 0 amide bonds. The standard InChI is InChI=1S/C48H34N2/c1-48(2)40-22-13-23-42-46(40)50(47(49-42)34-16-7-4-8-17-34)43-29-28-35(30-41(43)48)45-38-20-11-9-18-36(38)44(37-19-10-12-21-39(37)45)33-26-24-32(25-27-33)31-14-5-3-6-15-31/h3-30H,1-2H3. The van der Waals surface area contributed by atoms with Crippen LogP contribution in [0.3, 0.4) is 0 Å². The zero-order valence-corrected chi connectivity index (χ0v) is 28.1. The molecule has 0 spiro atoms. The summed E-state index contributed by atoms with van der Waals surface area (Å²) in [5, 5.41) is 5.05. The fourth-order valence-corrected chi connectivity index (χ4v) is 8.39. The van der Waals surface area contributed by atoms with E-state index in [0.717, 1.165) is 16.9 Å². The second kappa shape index (κ2) is 10.9. The van der Waals surface area contributed by atoms with Crippen LogP contribution in [0, 0.1) is 0 Å². The molecule has 1 aromatic heterocycles. The maximum Gasteiger partial charge on any atom is 0.145 e. The summed E-state index contributed by atoms with van der Waals surface area (Å²) in [5.74, 6) is 0.982. The highest BCUT2D eigenvalue weighted by Gasteiger charge is 2.36. The highest BCUT2D eigenvalue weighted by molar-refractivity contribution is 6.21. The van der Waals surface area contributed by atoms with E-state index in [1.165, 1.54) is 77.3 Å². The van der Waals surface area contributed by atoms with Crippen LogP contribution in [-0.2, 0) is 5.41 Å². The molecule has 2 nitrogen and oxygen atoms in total. The van der Waals surface area contributed by atoms with Crippen molar-refractivity contribution in [1.82, 2.24) is 9.55 Å². The average molecular weight is 639 g/mol. The SMILES string of the molecule is CC1(C)c2cc(-c3c4ccccc4c(-c4ccc(-c5ccccc5)cc4)c4ccccc34)ccc2-n2c(-c3ccccc3)nc3cccc1c32. The van der Waals surface area contributed by atoms with Crippen LogP contribution in [0.25, 0.3) is 83.0 Å². The molecule has 0 N–H and O–H groups in total. The molecule has 2 heterocycles. The van der Waals surface area contributed by atoms with E-state index in [1.807, 2.05) is 0 Å². The van der Waals surface area contributed by atoms with Crippen molar-refractivity contribution in [1.29, 1.82) is 0 Å². The molecule has 0 fully saturated rings. The topological polar surface area (TPSA) is 17.8 Å². The van der Waals surface area contributed by atoms with Gasteiger partial charge in [0.2, 0.25) is 0 Å². The van der Waals surface area contributed by atoms with Gasteiger partial charge in [0, 0.05) is 11.0 Å². The zero-order valence-electron chi connectivity index (χ0n) is 28.1. The minimum atomic E-state index is -0.221. The Morgan fingerprint density at radius 1 is 0.420 bits per heavy atom. The van der Waals surface area contributed by atoms with E-state index < -0.39 is 0 Å². The summed E-state index contributed by atoms with van der Waals surface area (Å²) in [6.07, 6.45) is 0. The van der Waals surface area contributed by atoms with E-state index in [4.69, 9.17) is 4.98 Å². The van der Waals surface area contributed by atoms with Crippen LogP contribution in [0.4, 0.5) is 0 Å². The molecule has 236 valence electrons. The number of imidazole rings is 1. The molecule has 0 saturated carbocycles. The fraction of sp³-hybridized carbons (Fsp3) is 0.0625. The molecular weight excluding hydrogens is 605 g/mol. The van der Waals surface area contributed by atoms with E-state index in [1.54, 1.807) is 0 Å². The molecular formula is C48H34N2. The summed E-state index contributed by atoms with van der Waals surface area (Å²) in [5.41, 5.74) is 14.4. The van der Waals surface area contributed by atoms with E-state index in [2.05, 4.69) is 188 Å². The summed E-state index contributed by atoms with van der Waals surface area (Å²) in [7, 11) is 0. The predicted octanol–water partition coefficient (Wildman–Crippen LogP) is 12.6. The Labute approximate surface area is 291 Å². The Bertz CT molecular complexity index is 2700. The molecule has 0 atom stereocenters. The first-order valence-corrected chi connectivity index (χ1v) is 17.4. The lowest BCUT2D eigenvalue weighted by atomic mass is 9.73. The maximum absolute atomic E-state index is 5.21. The van der Waals surface area contributed by atoms with Gasteiger partial charge in [-0.3, -0.25) is 4.57 Å². The molecule has 0 bridgehead atoms. The number of para-hydroxylation sites is 1. The van der Waals surface area contributed by atoms with Crippen LogP contribution in [0.15, 0.2) is 170 Å². The summed E-state index contributed by atoms with van der Waals surface area (Å²) >= 11 is 0. The summed E-state index contributed by atoms with van der Waals surface area (Å²) in [6, 6.07) is 61.8. The molecule has 0 aliphatic carbocycles. The van der Waals surface area contributed by atoms with Crippen molar-refractivity contribution in [3.05, 3.63) is 181 Å². The van der Waals surface area contributed by atoms with E-state index in [9.17, 15) is 0 Å². The number of benzene rings is 8. The predicted molar refractivity (Wildman–Crippen MR) is 210 cm³/mol. The number of hydrogen-bond donors (Lipinski definition) is 0. The van der Waals surface area contributed by atoms with E-state index >= 15 is 0 Å². The molecule has 50 heavy (non-hydrogen) atoms. The Morgan fingerprint density at radius 3 is 1.54 bits per heavy atom. The van der Waals surface area contributed by atoms with E-state index in [-0.39, 0.29) is 5.41 Å². The van der Waals surface area contributed by atoms with Crippen molar-refractivity contribution in [3.8, 4) is 50.5 Å². The van der Waals surface area contributed by atoms with Crippen LogP contribution in [-0.4, -0.2) is 9.55 Å². The smallest absolute Gasteiger partial charge is 0.145 e. The first kappa shape index (κ1) is 28.7. The van der Waals surface area contributed by atoms with Crippen LogP contribution in [0.1, 0.15) is 25.0 Å². The minimum absolute atomic E-state index is 0.221. The van der Waals surface area contributed by atoms with Gasteiger partial charge in [0.1, 0.15) is 5.82 Å². The Balaban J connectivity index is 1.21. The van der Waals surface area contributed by atoms with Crippen LogP contribution in [0.5, 0.6) is 0 Å². The van der Waals surface area contributed by atoms with Crippen LogP contribution >= 0.6 is 0 Å². The normalized spacial score (nSPS) is 13.2. The number of aromatic nitrogens is 2. The lowest BCUT2D eigenvalue weighted by Gasteiger charge is -2.35. The third kappa shape index (κ3) is 4.18. The Hall–Kier alpha value is -6.25. The van der Waals surface area contributed by atoms with Gasteiger partial charge in [-0.25, -0.2) is 4.98 Å². The zero-order chi connectivity index (χ0) is 33.4. The molecule has 8 aromatic carbocycles. The monoisotopic (exact) mass is 638 g/mol. The van der Waals surface area contributed by atoms with Crippen molar-refractivity contribution < 1.29 is 0 Å². The Morgan fingerprint density at radius 2 is 0.920 bits per heavy atom.